The number of halogens is 1. The fraction of sp³-hybridized carbons (Fsp3) is 0.211. The zero-order chi connectivity index (χ0) is 21.0. The number of hydrogen-bond donors (Lipinski definition) is 1. The molecule has 3 rings (SSSR count). The van der Waals surface area contributed by atoms with Gasteiger partial charge in [-0.2, -0.15) is 5.26 Å². The van der Waals surface area contributed by atoms with Crippen molar-refractivity contribution in [3.8, 4) is 11.8 Å². The molecule has 0 bridgehead atoms. The summed E-state index contributed by atoms with van der Waals surface area (Å²) in [5.74, 6) is -0.401. The molecule has 2 aromatic heterocycles. The summed E-state index contributed by atoms with van der Waals surface area (Å²) in [7, 11) is 0. The normalized spacial score (nSPS) is 10.6. The summed E-state index contributed by atoms with van der Waals surface area (Å²) < 4.78 is 16.9. The van der Waals surface area contributed by atoms with Crippen LogP contribution in [0.5, 0.6) is 0 Å². The van der Waals surface area contributed by atoms with Crippen LogP contribution >= 0.6 is 11.8 Å². The molecule has 0 saturated heterocycles. The van der Waals surface area contributed by atoms with Gasteiger partial charge in [0.1, 0.15) is 17.7 Å². The zero-order valence-corrected chi connectivity index (χ0v) is 16.7. The second kappa shape index (κ2) is 8.70. The van der Waals surface area contributed by atoms with Gasteiger partial charge in [-0.1, -0.05) is 23.9 Å². The van der Waals surface area contributed by atoms with Gasteiger partial charge in [0.05, 0.1) is 23.5 Å². The van der Waals surface area contributed by atoms with Gasteiger partial charge >= 0.3 is 0 Å². The maximum atomic E-state index is 13.7. The molecule has 1 aromatic carbocycles. The zero-order valence-electron chi connectivity index (χ0n) is 15.9. The van der Waals surface area contributed by atoms with Crippen molar-refractivity contribution in [2.75, 3.05) is 11.1 Å². The van der Waals surface area contributed by atoms with Crippen molar-refractivity contribution in [1.82, 2.24) is 24.8 Å². The van der Waals surface area contributed by atoms with E-state index in [0.717, 1.165) is 23.0 Å². The Hall–Kier alpha value is -3.45. The van der Waals surface area contributed by atoms with Gasteiger partial charge in [0.25, 0.3) is 0 Å². The highest BCUT2D eigenvalue weighted by molar-refractivity contribution is 7.99. The van der Waals surface area contributed by atoms with Crippen LogP contribution < -0.4 is 5.32 Å². The lowest BCUT2D eigenvalue weighted by Crippen LogP contribution is -2.18. The number of carbonyl (C=O) groups excluding carboxylic acids is 1. The molecule has 1 N–H and O–H groups in total. The maximum absolute atomic E-state index is 13.7. The van der Waals surface area contributed by atoms with Crippen molar-refractivity contribution in [1.29, 1.82) is 5.26 Å². The Labute approximate surface area is 171 Å². The van der Waals surface area contributed by atoms with Gasteiger partial charge in [0.2, 0.25) is 11.1 Å². The molecule has 0 atom stereocenters. The first-order valence-corrected chi connectivity index (χ1v) is 9.62. The van der Waals surface area contributed by atoms with Gasteiger partial charge in [-0.05, 0) is 48.0 Å². The number of aromatic nitrogens is 5. The molecular weight excluding hydrogens is 393 g/mol. The molecule has 3 aromatic rings. The fourth-order valence-electron chi connectivity index (χ4n) is 2.83. The van der Waals surface area contributed by atoms with E-state index in [0.29, 0.717) is 28.8 Å². The summed E-state index contributed by atoms with van der Waals surface area (Å²) in [5, 5.41) is 24.1. The molecule has 10 heteroatoms. The van der Waals surface area contributed by atoms with E-state index in [1.54, 1.807) is 29.7 Å². The highest BCUT2D eigenvalue weighted by Crippen LogP contribution is 2.30. The summed E-state index contributed by atoms with van der Waals surface area (Å²) >= 11 is 1.16. The number of tetrazole rings is 1. The van der Waals surface area contributed by atoms with E-state index in [9.17, 15) is 14.4 Å². The lowest BCUT2D eigenvalue weighted by atomic mass is 10.2. The summed E-state index contributed by atoms with van der Waals surface area (Å²) in [4.78, 5) is 12.6. The van der Waals surface area contributed by atoms with E-state index >= 15 is 0 Å². The van der Waals surface area contributed by atoms with Crippen LogP contribution in [0.4, 0.5) is 10.2 Å². The highest BCUT2D eigenvalue weighted by Gasteiger charge is 2.21. The Morgan fingerprint density at radius 2 is 2.24 bits per heavy atom. The van der Waals surface area contributed by atoms with Crippen molar-refractivity contribution in [2.45, 2.75) is 25.5 Å². The predicted octanol–water partition coefficient (Wildman–Crippen LogP) is 3.01. The maximum Gasteiger partial charge on any atom is 0.236 e. The number of amides is 1. The number of benzene rings is 1. The third kappa shape index (κ3) is 4.20. The molecule has 8 nitrogen and oxygen atoms in total. The molecule has 0 spiro atoms. The molecule has 2 heterocycles. The average Bonchev–Trinajstić information content (AvgIpc) is 3.23. The van der Waals surface area contributed by atoms with Crippen LogP contribution in [0.2, 0.25) is 0 Å². The van der Waals surface area contributed by atoms with E-state index in [4.69, 9.17) is 0 Å². The third-order valence-electron chi connectivity index (χ3n) is 4.28. The quantitative estimate of drug-likeness (QED) is 0.474. The fourth-order valence-corrected chi connectivity index (χ4v) is 3.52. The molecule has 0 radical (unpaired) electrons. The van der Waals surface area contributed by atoms with Crippen molar-refractivity contribution < 1.29 is 9.18 Å². The summed E-state index contributed by atoms with van der Waals surface area (Å²) in [5.41, 5.74) is 2.31. The number of anilines is 1. The smallest absolute Gasteiger partial charge is 0.236 e. The lowest BCUT2D eigenvalue weighted by molar-refractivity contribution is -0.113. The van der Waals surface area contributed by atoms with Crippen LogP contribution in [-0.2, 0) is 11.3 Å². The van der Waals surface area contributed by atoms with E-state index in [-0.39, 0.29) is 11.7 Å². The molecule has 0 aliphatic heterocycles. The monoisotopic (exact) mass is 411 g/mol. The Morgan fingerprint density at radius 1 is 1.45 bits per heavy atom. The number of nitrogens with one attached hydrogen (secondary N) is 1. The van der Waals surface area contributed by atoms with Crippen LogP contribution in [0.25, 0.3) is 5.69 Å². The second-order valence-corrected chi connectivity index (χ2v) is 7.07. The number of allylic oxidation sites excluding steroid dienone is 1. The van der Waals surface area contributed by atoms with E-state index in [1.807, 2.05) is 6.92 Å². The summed E-state index contributed by atoms with van der Waals surface area (Å²) in [6, 6.07) is 8.10. The first kappa shape index (κ1) is 20.3. The molecule has 0 unspecified atom stereocenters. The molecule has 0 aliphatic rings. The van der Waals surface area contributed by atoms with Crippen LogP contribution in [0.15, 0.2) is 42.1 Å². The van der Waals surface area contributed by atoms with E-state index < -0.39 is 5.82 Å². The van der Waals surface area contributed by atoms with Gasteiger partial charge in [0.15, 0.2) is 0 Å². The predicted molar refractivity (Wildman–Crippen MR) is 107 cm³/mol. The topological polar surface area (TPSA) is 101 Å². The Morgan fingerprint density at radius 3 is 2.93 bits per heavy atom. The van der Waals surface area contributed by atoms with Gasteiger partial charge in [-0.3, -0.25) is 9.36 Å². The van der Waals surface area contributed by atoms with Crippen molar-refractivity contribution in [3.05, 3.63) is 59.6 Å². The molecular formula is C19H18FN7OS. The molecule has 148 valence electrons. The number of rotatable bonds is 7. The van der Waals surface area contributed by atoms with Crippen molar-refractivity contribution >= 4 is 23.5 Å². The van der Waals surface area contributed by atoms with Crippen LogP contribution in [0.1, 0.15) is 16.8 Å². The largest absolute Gasteiger partial charge is 0.310 e. The Balaban J connectivity index is 1.87. The van der Waals surface area contributed by atoms with E-state index in [2.05, 4.69) is 33.5 Å². The molecule has 0 saturated carbocycles. The van der Waals surface area contributed by atoms with Crippen LogP contribution in [0, 0.1) is 31.0 Å². The third-order valence-corrected chi connectivity index (χ3v) is 5.24. The molecule has 0 fully saturated rings. The number of thioether (sulfide) groups is 1. The van der Waals surface area contributed by atoms with Gasteiger partial charge in [0, 0.05) is 5.69 Å². The van der Waals surface area contributed by atoms with Crippen molar-refractivity contribution in [3.63, 3.8) is 0 Å². The lowest BCUT2D eigenvalue weighted by Gasteiger charge is -2.13. The number of nitrogens with zero attached hydrogens (tertiary/aromatic N) is 6. The van der Waals surface area contributed by atoms with Gasteiger partial charge < -0.3 is 5.32 Å². The first-order valence-electron chi connectivity index (χ1n) is 8.64. The Kier molecular flexibility index (Phi) is 6.09. The number of nitriles is 1. The molecule has 29 heavy (non-hydrogen) atoms. The van der Waals surface area contributed by atoms with Crippen LogP contribution in [0.3, 0.4) is 0 Å². The standard InChI is InChI=1S/C19H18FN7OS/c1-4-8-26-19(23-24-25-26)29-11-17(28)22-18-16(10-21)12(2)13(3)27(18)15-7-5-6-14(20)9-15/h4-7,9H,1,8,11H2,2-3H3,(H,22,28). The first-order chi connectivity index (χ1) is 14.0. The summed E-state index contributed by atoms with van der Waals surface area (Å²) in [6.45, 7) is 7.67. The minimum absolute atomic E-state index is 0.0365. The highest BCUT2D eigenvalue weighted by atomic mass is 32.2. The summed E-state index contributed by atoms with van der Waals surface area (Å²) in [6.07, 6.45) is 1.65. The minimum Gasteiger partial charge on any atom is -0.310 e. The SMILES string of the molecule is C=CCn1nnnc1SCC(=O)Nc1c(C#N)c(C)c(C)n1-c1cccc(F)c1. The van der Waals surface area contributed by atoms with Gasteiger partial charge in [-0.25, -0.2) is 9.07 Å². The Bertz CT molecular complexity index is 1110. The van der Waals surface area contributed by atoms with Gasteiger partial charge in [-0.15, -0.1) is 11.7 Å². The molecule has 1 amide bonds. The number of hydrogen-bond acceptors (Lipinski definition) is 6. The molecule has 0 aliphatic carbocycles. The number of carbonyl (C=O) groups is 1. The minimum atomic E-state index is -0.409. The van der Waals surface area contributed by atoms with E-state index in [1.165, 1.54) is 16.8 Å². The average molecular weight is 411 g/mol. The van der Waals surface area contributed by atoms with Crippen LogP contribution in [-0.4, -0.2) is 36.4 Å². The van der Waals surface area contributed by atoms with Crippen molar-refractivity contribution in [2.24, 2.45) is 0 Å². The second-order valence-electron chi connectivity index (χ2n) is 6.13.